The van der Waals surface area contributed by atoms with Gasteiger partial charge in [-0.05, 0) is 36.8 Å². The predicted molar refractivity (Wildman–Crippen MR) is 99.9 cm³/mol. The number of carbonyl (C=O) groups is 1. The number of para-hydroxylation sites is 1. The molecule has 0 N–H and O–H groups in total. The van der Waals surface area contributed by atoms with E-state index < -0.39 is 9.84 Å². The SMILES string of the molecule is CN(C)N(C(=O)c1cccc(Oc2ccccc2)c1)[C@@H]1CCS(=O)(=O)C1. The van der Waals surface area contributed by atoms with E-state index in [9.17, 15) is 13.2 Å². The second kappa shape index (κ2) is 7.47. The molecule has 1 saturated heterocycles. The molecule has 0 spiro atoms. The molecule has 1 aliphatic heterocycles. The van der Waals surface area contributed by atoms with E-state index >= 15 is 0 Å². The van der Waals surface area contributed by atoms with Crippen LogP contribution in [0.1, 0.15) is 16.8 Å². The fraction of sp³-hybridized carbons (Fsp3) is 0.316. The minimum absolute atomic E-state index is 0.00285. The van der Waals surface area contributed by atoms with Gasteiger partial charge in [-0.25, -0.2) is 13.4 Å². The molecule has 0 aliphatic carbocycles. The van der Waals surface area contributed by atoms with Crippen LogP contribution in [0.5, 0.6) is 11.5 Å². The number of amides is 1. The van der Waals surface area contributed by atoms with Crippen LogP contribution in [0.4, 0.5) is 0 Å². The van der Waals surface area contributed by atoms with E-state index in [1.807, 2.05) is 30.3 Å². The molecule has 26 heavy (non-hydrogen) atoms. The van der Waals surface area contributed by atoms with Gasteiger partial charge < -0.3 is 4.74 Å². The highest BCUT2D eigenvalue weighted by atomic mass is 32.2. The highest BCUT2D eigenvalue weighted by Gasteiger charge is 2.36. The fourth-order valence-corrected chi connectivity index (χ4v) is 4.78. The van der Waals surface area contributed by atoms with Gasteiger partial charge in [0.25, 0.3) is 5.91 Å². The summed E-state index contributed by atoms with van der Waals surface area (Å²) in [6, 6.07) is 15.9. The van der Waals surface area contributed by atoms with E-state index in [1.165, 1.54) is 5.01 Å². The van der Waals surface area contributed by atoms with Crippen LogP contribution >= 0.6 is 0 Å². The maximum absolute atomic E-state index is 13.0. The first-order chi connectivity index (χ1) is 12.4. The van der Waals surface area contributed by atoms with Gasteiger partial charge in [0, 0.05) is 19.7 Å². The Morgan fingerprint density at radius 3 is 2.35 bits per heavy atom. The number of rotatable bonds is 5. The van der Waals surface area contributed by atoms with Crippen molar-refractivity contribution < 1.29 is 17.9 Å². The first kappa shape index (κ1) is 18.4. The van der Waals surface area contributed by atoms with E-state index in [0.717, 1.165) is 0 Å². The van der Waals surface area contributed by atoms with Gasteiger partial charge in [-0.2, -0.15) is 0 Å². The highest BCUT2D eigenvalue weighted by Crippen LogP contribution is 2.25. The van der Waals surface area contributed by atoms with E-state index in [-0.39, 0.29) is 23.5 Å². The number of sulfone groups is 1. The Hall–Kier alpha value is -2.38. The largest absolute Gasteiger partial charge is 0.457 e. The van der Waals surface area contributed by atoms with Crippen LogP contribution in [0, 0.1) is 0 Å². The van der Waals surface area contributed by atoms with Crippen molar-refractivity contribution in [2.24, 2.45) is 0 Å². The number of ether oxygens (including phenoxy) is 1. The zero-order valence-electron chi connectivity index (χ0n) is 14.8. The number of carbonyl (C=O) groups excluding carboxylic acids is 1. The van der Waals surface area contributed by atoms with Crippen molar-refractivity contribution in [2.75, 3.05) is 25.6 Å². The molecule has 0 bridgehead atoms. The first-order valence-electron chi connectivity index (χ1n) is 8.40. The van der Waals surface area contributed by atoms with Crippen LogP contribution in [-0.4, -0.2) is 56.0 Å². The zero-order chi connectivity index (χ0) is 18.7. The smallest absolute Gasteiger partial charge is 0.268 e. The molecule has 0 aromatic heterocycles. The third kappa shape index (κ3) is 4.23. The Morgan fingerprint density at radius 1 is 1.04 bits per heavy atom. The van der Waals surface area contributed by atoms with Crippen molar-refractivity contribution in [2.45, 2.75) is 12.5 Å². The monoisotopic (exact) mass is 374 g/mol. The molecular weight excluding hydrogens is 352 g/mol. The number of hydrogen-bond acceptors (Lipinski definition) is 5. The summed E-state index contributed by atoms with van der Waals surface area (Å²) in [5.41, 5.74) is 0.455. The van der Waals surface area contributed by atoms with Gasteiger partial charge in [0.15, 0.2) is 9.84 Å². The zero-order valence-corrected chi connectivity index (χ0v) is 15.6. The summed E-state index contributed by atoms with van der Waals surface area (Å²) in [4.78, 5) is 13.0. The molecule has 2 aromatic rings. The molecule has 138 valence electrons. The van der Waals surface area contributed by atoms with E-state index in [2.05, 4.69) is 0 Å². The van der Waals surface area contributed by atoms with Gasteiger partial charge in [0.2, 0.25) is 0 Å². The topological polar surface area (TPSA) is 66.9 Å². The minimum Gasteiger partial charge on any atom is -0.457 e. The summed E-state index contributed by atoms with van der Waals surface area (Å²) >= 11 is 0. The van der Waals surface area contributed by atoms with Crippen LogP contribution in [0.3, 0.4) is 0 Å². The number of benzene rings is 2. The summed E-state index contributed by atoms with van der Waals surface area (Å²) < 4.78 is 29.4. The molecule has 1 aliphatic rings. The van der Waals surface area contributed by atoms with Crippen molar-refractivity contribution in [1.29, 1.82) is 0 Å². The van der Waals surface area contributed by atoms with Crippen molar-refractivity contribution in [3.8, 4) is 11.5 Å². The van der Waals surface area contributed by atoms with Crippen LogP contribution in [0.25, 0.3) is 0 Å². The summed E-state index contributed by atoms with van der Waals surface area (Å²) in [5, 5.41) is 3.17. The molecule has 2 aromatic carbocycles. The second-order valence-electron chi connectivity index (χ2n) is 6.50. The van der Waals surface area contributed by atoms with Crippen LogP contribution in [-0.2, 0) is 9.84 Å². The van der Waals surface area contributed by atoms with Gasteiger partial charge >= 0.3 is 0 Å². The third-order valence-corrected chi connectivity index (χ3v) is 6.00. The van der Waals surface area contributed by atoms with Crippen LogP contribution < -0.4 is 4.74 Å². The quantitative estimate of drug-likeness (QED) is 0.753. The Morgan fingerprint density at radius 2 is 1.73 bits per heavy atom. The number of nitrogens with zero attached hydrogens (tertiary/aromatic N) is 2. The lowest BCUT2D eigenvalue weighted by molar-refractivity contribution is 0.000988. The maximum atomic E-state index is 13.0. The molecular formula is C19H22N2O4S. The molecule has 6 nitrogen and oxygen atoms in total. The Bertz CT molecular complexity index is 881. The fourth-order valence-electron chi connectivity index (χ4n) is 3.09. The van der Waals surface area contributed by atoms with Gasteiger partial charge in [-0.15, -0.1) is 0 Å². The normalized spacial score (nSPS) is 18.7. The molecule has 3 rings (SSSR count). The molecule has 0 radical (unpaired) electrons. The van der Waals surface area contributed by atoms with E-state index in [4.69, 9.17) is 4.74 Å². The van der Waals surface area contributed by atoms with E-state index in [1.54, 1.807) is 43.4 Å². The summed E-state index contributed by atoms with van der Waals surface area (Å²) in [5.74, 6) is 1.11. The van der Waals surface area contributed by atoms with Gasteiger partial charge in [-0.1, -0.05) is 24.3 Å². The molecule has 0 unspecified atom stereocenters. The first-order valence-corrected chi connectivity index (χ1v) is 10.2. The molecule has 7 heteroatoms. The predicted octanol–water partition coefficient (Wildman–Crippen LogP) is 2.58. The summed E-state index contributed by atoms with van der Waals surface area (Å²) in [6.07, 6.45) is 0.451. The van der Waals surface area contributed by atoms with Crippen molar-refractivity contribution in [3.05, 3.63) is 60.2 Å². The van der Waals surface area contributed by atoms with Crippen LogP contribution in [0.15, 0.2) is 54.6 Å². The van der Waals surface area contributed by atoms with Crippen LogP contribution in [0.2, 0.25) is 0 Å². The van der Waals surface area contributed by atoms with Gasteiger partial charge in [0.05, 0.1) is 17.5 Å². The molecule has 1 atom stereocenters. The Balaban J connectivity index is 1.82. The van der Waals surface area contributed by atoms with Crippen molar-refractivity contribution in [3.63, 3.8) is 0 Å². The standard InChI is InChI=1S/C19H22N2O4S/c1-20(2)21(16-11-12-26(23,24)14-16)19(22)15-7-6-10-18(13-15)25-17-8-4-3-5-9-17/h3-10,13,16H,11-12,14H2,1-2H3/t16-/m1/s1. The highest BCUT2D eigenvalue weighted by molar-refractivity contribution is 7.91. The summed E-state index contributed by atoms with van der Waals surface area (Å²) in [6.45, 7) is 0. The Kier molecular flexibility index (Phi) is 5.29. The average Bonchev–Trinajstić information content (AvgIpc) is 2.95. The van der Waals surface area contributed by atoms with Gasteiger partial charge in [0.1, 0.15) is 11.5 Å². The van der Waals surface area contributed by atoms with E-state index in [0.29, 0.717) is 23.5 Å². The molecule has 0 saturated carbocycles. The third-order valence-electron chi connectivity index (χ3n) is 4.25. The minimum atomic E-state index is -3.08. The lowest BCUT2D eigenvalue weighted by Gasteiger charge is -2.33. The lowest BCUT2D eigenvalue weighted by atomic mass is 10.1. The van der Waals surface area contributed by atoms with Gasteiger partial charge in [-0.3, -0.25) is 9.80 Å². The lowest BCUT2D eigenvalue weighted by Crippen LogP contribution is -2.49. The number of hydrogen-bond donors (Lipinski definition) is 0. The van der Waals surface area contributed by atoms with Crippen molar-refractivity contribution in [1.82, 2.24) is 10.0 Å². The summed E-state index contributed by atoms with van der Waals surface area (Å²) in [7, 11) is 0.403. The molecule has 1 heterocycles. The Labute approximate surface area is 153 Å². The maximum Gasteiger partial charge on any atom is 0.268 e. The number of hydrazine groups is 1. The van der Waals surface area contributed by atoms with Crippen molar-refractivity contribution >= 4 is 15.7 Å². The second-order valence-corrected chi connectivity index (χ2v) is 8.73. The average molecular weight is 374 g/mol. The molecule has 1 fully saturated rings. The molecule has 1 amide bonds.